The smallest absolute Gasteiger partial charge is 0.217 e. The van der Waals surface area contributed by atoms with Gasteiger partial charge in [-0.1, -0.05) is 0 Å². The zero-order valence-electron chi connectivity index (χ0n) is 7.69. The summed E-state index contributed by atoms with van der Waals surface area (Å²) >= 11 is 0. The van der Waals surface area contributed by atoms with Crippen LogP contribution < -0.4 is 5.32 Å². The first-order valence-electron chi connectivity index (χ1n) is 4.92. The van der Waals surface area contributed by atoms with Crippen molar-refractivity contribution in [2.24, 2.45) is 0 Å². The van der Waals surface area contributed by atoms with E-state index in [2.05, 4.69) is 10.2 Å². The van der Waals surface area contributed by atoms with Crippen LogP contribution in [0, 0.1) is 0 Å². The van der Waals surface area contributed by atoms with Gasteiger partial charge in [-0.15, -0.1) is 0 Å². The summed E-state index contributed by atoms with van der Waals surface area (Å²) in [6, 6.07) is 0.721. The number of rotatable bonds is 1. The van der Waals surface area contributed by atoms with Gasteiger partial charge in [-0.3, -0.25) is 9.69 Å². The molecule has 0 aliphatic carbocycles. The molecule has 0 aromatic carbocycles. The zero-order chi connectivity index (χ0) is 9.00. The van der Waals surface area contributed by atoms with Crippen molar-refractivity contribution in [3.05, 3.63) is 0 Å². The van der Waals surface area contributed by atoms with E-state index >= 15 is 0 Å². The summed E-state index contributed by atoms with van der Waals surface area (Å²) < 4.78 is 5.81. The summed E-state index contributed by atoms with van der Waals surface area (Å²) in [5.41, 5.74) is 0. The minimum atomic E-state index is 0.0630. The molecule has 1 amide bonds. The number of carbonyl (C=O) groups is 1. The Kier molecular flexibility index (Phi) is 1.46. The van der Waals surface area contributed by atoms with Crippen LogP contribution in [0.2, 0.25) is 0 Å². The molecule has 0 radical (unpaired) electrons. The molecule has 0 aromatic heterocycles. The lowest BCUT2D eigenvalue weighted by atomic mass is 10.1. The van der Waals surface area contributed by atoms with E-state index in [1.165, 1.54) is 0 Å². The minimum absolute atomic E-state index is 0.0630. The van der Waals surface area contributed by atoms with E-state index in [9.17, 15) is 4.79 Å². The first-order valence-corrected chi connectivity index (χ1v) is 4.92. The van der Waals surface area contributed by atoms with Crippen molar-refractivity contribution in [2.45, 2.75) is 37.6 Å². The molecule has 4 heteroatoms. The molecule has 0 aromatic rings. The number of nitrogens with one attached hydrogen (secondary N) is 1. The largest absolute Gasteiger partial charge is 0.370 e. The first-order chi connectivity index (χ1) is 6.25. The molecule has 4 atom stereocenters. The van der Waals surface area contributed by atoms with E-state index in [-0.39, 0.29) is 18.1 Å². The van der Waals surface area contributed by atoms with Gasteiger partial charge in [0, 0.05) is 20.0 Å². The molecule has 0 unspecified atom stereocenters. The molecule has 3 aliphatic rings. The predicted octanol–water partition coefficient (Wildman–Crippen LogP) is -0.654. The van der Waals surface area contributed by atoms with Crippen LogP contribution in [0.25, 0.3) is 0 Å². The van der Waals surface area contributed by atoms with Gasteiger partial charge in [0.15, 0.2) is 0 Å². The van der Waals surface area contributed by atoms with Crippen LogP contribution in [0.5, 0.6) is 0 Å². The van der Waals surface area contributed by atoms with Crippen LogP contribution >= 0.6 is 0 Å². The van der Waals surface area contributed by atoms with Gasteiger partial charge in [-0.2, -0.15) is 0 Å². The summed E-state index contributed by atoms with van der Waals surface area (Å²) in [5.74, 6) is 0.0630. The highest BCUT2D eigenvalue weighted by Crippen LogP contribution is 2.39. The highest BCUT2D eigenvalue weighted by atomic mass is 16.5. The molecule has 2 bridgehead atoms. The number of morpholine rings is 1. The predicted molar refractivity (Wildman–Crippen MR) is 46.2 cm³/mol. The van der Waals surface area contributed by atoms with E-state index in [0.717, 1.165) is 19.5 Å². The van der Waals surface area contributed by atoms with Crippen LogP contribution in [-0.4, -0.2) is 48.2 Å². The van der Waals surface area contributed by atoms with Crippen molar-refractivity contribution in [1.82, 2.24) is 10.2 Å². The lowest BCUT2D eigenvalue weighted by Crippen LogP contribution is -2.44. The van der Waals surface area contributed by atoms with Gasteiger partial charge in [-0.05, 0) is 6.42 Å². The van der Waals surface area contributed by atoms with Gasteiger partial charge in [0.2, 0.25) is 5.91 Å². The first kappa shape index (κ1) is 7.76. The average Bonchev–Trinajstić information content (AvgIpc) is 2.60. The fourth-order valence-corrected chi connectivity index (χ4v) is 3.00. The number of hydrogen-bond acceptors (Lipinski definition) is 3. The number of nitrogens with zero attached hydrogens (tertiary/aromatic N) is 1. The second-order valence-electron chi connectivity index (χ2n) is 4.21. The molecule has 4 nitrogen and oxygen atoms in total. The van der Waals surface area contributed by atoms with Crippen molar-refractivity contribution in [3.8, 4) is 0 Å². The summed E-state index contributed by atoms with van der Waals surface area (Å²) in [7, 11) is 0. The fourth-order valence-electron chi connectivity index (χ4n) is 3.00. The third-order valence-electron chi connectivity index (χ3n) is 3.41. The number of fused-ring (bicyclic) bond motifs is 1. The van der Waals surface area contributed by atoms with E-state index in [1.54, 1.807) is 6.92 Å². The summed E-state index contributed by atoms with van der Waals surface area (Å²) in [6.07, 6.45) is 1.77. The molecule has 0 saturated carbocycles. The van der Waals surface area contributed by atoms with Gasteiger partial charge >= 0.3 is 0 Å². The molecule has 3 heterocycles. The maximum atomic E-state index is 11.0. The molecule has 3 fully saturated rings. The quantitative estimate of drug-likeness (QED) is 0.585. The molecule has 72 valence electrons. The van der Waals surface area contributed by atoms with E-state index in [4.69, 9.17) is 4.74 Å². The number of ether oxygens (including phenoxy) is 1. The second-order valence-corrected chi connectivity index (χ2v) is 4.21. The molecule has 1 N–H and O–H groups in total. The average molecular weight is 182 g/mol. The van der Waals surface area contributed by atoms with E-state index in [1.807, 2.05) is 0 Å². The minimum Gasteiger partial charge on any atom is -0.370 e. The van der Waals surface area contributed by atoms with Crippen LogP contribution in [0.15, 0.2) is 0 Å². The van der Waals surface area contributed by atoms with Crippen molar-refractivity contribution in [3.63, 3.8) is 0 Å². The van der Waals surface area contributed by atoms with E-state index < -0.39 is 0 Å². The Morgan fingerprint density at radius 2 is 2.38 bits per heavy atom. The van der Waals surface area contributed by atoms with Crippen LogP contribution in [0.4, 0.5) is 0 Å². The van der Waals surface area contributed by atoms with Crippen molar-refractivity contribution >= 4 is 5.91 Å². The normalized spacial score (nSPS) is 47.2. The Morgan fingerprint density at radius 3 is 3.08 bits per heavy atom. The third kappa shape index (κ3) is 0.957. The molecule has 0 spiro atoms. The summed E-state index contributed by atoms with van der Waals surface area (Å²) in [5, 5.41) is 3.00. The summed E-state index contributed by atoms with van der Waals surface area (Å²) in [6.45, 7) is 3.73. The number of amides is 1. The number of carbonyl (C=O) groups excluding carboxylic acids is 1. The van der Waals surface area contributed by atoms with Gasteiger partial charge in [-0.25, -0.2) is 0 Å². The van der Waals surface area contributed by atoms with Crippen molar-refractivity contribution in [2.75, 3.05) is 13.1 Å². The highest BCUT2D eigenvalue weighted by molar-refractivity contribution is 5.73. The Bertz CT molecular complexity index is 242. The second kappa shape index (κ2) is 2.45. The topological polar surface area (TPSA) is 41.6 Å². The maximum absolute atomic E-state index is 11.0. The lowest BCUT2D eigenvalue weighted by Gasteiger charge is -2.21. The molecule has 3 aliphatic heterocycles. The fraction of sp³-hybridized carbons (Fsp3) is 0.889. The van der Waals surface area contributed by atoms with Crippen LogP contribution in [0.3, 0.4) is 0 Å². The summed E-state index contributed by atoms with van der Waals surface area (Å²) in [4.78, 5) is 13.4. The highest BCUT2D eigenvalue weighted by Gasteiger charge is 2.57. The SMILES string of the molecule is CC(=O)N[C@H]1[C@@H]2[C@H]3CCN2C[C@H]1O3. The standard InChI is InChI=1S/C9H14N2O2/c1-5(12)10-8-7-4-11-3-2-6(13-7)9(8)11/h6-9H,2-4H2,1H3,(H,10,12)/t6-,7-,8-,9+/m1/s1. The Morgan fingerprint density at radius 1 is 1.54 bits per heavy atom. The third-order valence-corrected chi connectivity index (χ3v) is 3.41. The zero-order valence-corrected chi connectivity index (χ0v) is 7.69. The molecular formula is C9H14N2O2. The van der Waals surface area contributed by atoms with Gasteiger partial charge < -0.3 is 10.1 Å². The Hall–Kier alpha value is -0.610. The molecule has 13 heavy (non-hydrogen) atoms. The lowest BCUT2D eigenvalue weighted by molar-refractivity contribution is -0.119. The maximum Gasteiger partial charge on any atom is 0.217 e. The van der Waals surface area contributed by atoms with Crippen LogP contribution in [-0.2, 0) is 9.53 Å². The van der Waals surface area contributed by atoms with Gasteiger partial charge in [0.25, 0.3) is 0 Å². The molecule has 3 rings (SSSR count). The molecular weight excluding hydrogens is 168 g/mol. The van der Waals surface area contributed by atoms with Crippen molar-refractivity contribution < 1.29 is 9.53 Å². The van der Waals surface area contributed by atoms with Gasteiger partial charge in [0.1, 0.15) is 0 Å². The molecule has 3 saturated heterocycles. The van der Waals surface area contributed by atoms with Crippen LogP contribution in [0.1, 0.15) is 13.3 Å². The van der Waals surface area contributed by atoms with E-state index in [0.29, 0.717) is 12.1 Å². The monoisotopic (exact) mass is 182 g/mol. The number of hydrogen-bond donors (Lipinski definition) is 1. The Balaban J connectivity index is 1.81. The van der Waals surface area contributed by atoms with Crippen molar-refractivity contribution in [1.29, 1.82) is 0 Å². The Labute approximate surface area is 77.2 Å². The van der Waals surface area contributed by atoms with Gasteiger partial charge in [0.05, 0.1) is 24.3 Å².